The largest absolute Gasteiger partial charge is 1.00 e. The predicted molar refractivity (Wildman–Crippen MR) is 202 cm³/mol. The summed E-state index contributed by atoms with van der Waals surface area (Å²) >= 11 is 0. The van der Waals surface area contributed by atoms with Crippen LogP contribution in [-0.2, 0) is 0 Å². The van der Waals surface area contributed by atoms with Gasteiger partial charge in [-0.2, -0.15) is 0 Å². The second-order valence-corrected chi connectivity index (χ2v) is 14.8. The van der Waals surface area contributed by atoms with Crippen molar-refractivity contribution in [1.82, 2.24) is 0 Å². The zero-order valence-corrected chi connectivity index (χ0v) is 33.2. The van der Waals surface area contributed by atoms with Crippen LogP contribution in [0.1, 0.15) is 153 Å². The monoisotopic (exact) mass is 663 g/mol. The van der Waals surface area contributed by atoms with Gasteiger partial charge in [0.1, 0.15) is 17.2 Å². The molecule has 2 aromatic carbocycles. The summed E-state index contributed by atoms with van der Waals surface area (Å²) in [4.78, 5) is 14.2. The van der Waals surface area contributed by atoms with Crippen molar-refractivity contribution >= 4 is 19.4 Å². The number of hydrogen-bond donors (Lipinski definition) is 0. The molecule has 6 heteroatoms. The van der Waals surface area contributed by atoms with E-state index in [-0.39, 0.29) is 34.4 Å². The molecule has 0 bridgehead atoms. The van der Waals surface area contributed by atoms with Crippen LogP contribution in [0, 0.1) is 45.4 Å². The Labute approximate surface area is 304 Å². The number of benzene rings is 2. The molecule has 0 aromatic heterocycles. The maximum atomic E-state index is 14.2. The van der Waals surface area contributed by atoms with Crippen LogP contribution in [0.15, 0.2) is 18.2 Å². The van der Waals surface area contributed by atoms with Crippen molar-refractivity contribution in [3.63, 3.8) is 0 Å². The number of unbranched alkanes of at least 4 members (excludes halogenated alkanes) is 3. The molecule has 0 N–H and O–H groups in total. The van der Waals surface area contributed by atoms with Gasteiger partial charge in [0.25, 0.3) is 0 Å². The van der Waals surface area contributed by atoms with E-state index in [1.807, 2.05) is 12.1 Å². The van der Waals surface area contributed by atoms with Crippen LogP contribution in [0.2, 0.25) is 0 Å². The molecule has 0 heterocycles. The third-order valence-electron chi connectivity index (χ3n) is 9.93. The molecular weight excluding hydrogens is 594 g/mol. The van der Waals surface area contributed by atoms with E-state index in [9.17, 15) is 4.79 Å². The summed E-state index contributed by atoms with van der Waals surface area (Å²) in [5, 5.41) is 0.878. The Bertz CT molecular complexity index is 1160. The molecule has 0 saturated carbocycles. The number of carbonyl (C=O) groups excluding carboxylic acids is 1. The summed E-state index contributed by atoms with van der Waals surface area (Å²) in [6.07, 6.45) is 13.9. The molecule has 0 spiro atoms. The van der Waals surface area contributed by atoms with Crippen LogP contribution in [0.25, 0.3) is 0 Å². The summed E-state index contributed by atoms with van der Waals surface area (Å²) in [6.45, 7) is 23.8. The Balaban J connectivity index is 0.0000110. The van der Waals surface area contributed by atoms with Crippen molar-refractivity contribution in [1.29, 1.82) is 0 Å². The molecule has 0 fully saturated rings. The topological polar surface area (TPSA) is 44.8 Å². The van der Waals surface area contributed by atoms with Crippen LogP contribution in [0.4, 0.5) is 0 Å². The summed E-state index contributed by atoms with van der Waals surface area (Å²) in [5.41, 5.74) is 5.51. The summed E-state index contributed by atoms with van der Waals surface area (Å²) in [6, 6.07) is 6.22. The second kappa shape index (κ2) is 23.8. The van der Waals surface area contributed by atoms with Crippen molar-refractivity contribution < 1.29 is 39.3 Å². The Morgan fingerprint density at radius 2 is 1.06 bits per heavy atom. The van der Waals surface area contributed by atoms with Gasteiger partial charge in [0.2, 0.25) is 0 Å². The molecule has 4 atom stereocenters. The van der Waals surface area contributed by atoms with Crippen molar-refractivity contribution in [2.24, 2.45) is 17.8 Å². The third kappa shape index (κ3) is 14.1. The standard InChI is InChI=1S/C41H67O4P.Li.H/c1-11-17-20-33(14-4)26-43-36-24-37(44-27-34(15-5)21-18-12-2)40(38(25-36)45-28-35(16-6)22-19-13-3)46-41(42)39-30(8)23-29(7)31(9)32(39)10;;/h23-25,33-35,46H,11-22,26-28H2,1-10H3;;/q;+1;-1. The number of hydrogen-bond acceptors (Lipinski definition) is 4. The fourth-order valence-corrected chi connectivity index (χ4v) is 7.41. The van der Waals surface area contributed by atoms with Gasteiger partial charge in [-0.3, -0.25) is 4.79 Å². The molecule has 262 valence electrons. The predicted octanol–water partition coefficient (Wildman–Crippen LogP) is 8.97. The van der Waals surface area contributed by atoms with Gasteiger partial charge in [0.15, 0.2) is 5.52 Å². The maximum Gasteiger partial charge on any atom is 1.00 e. The van der Waals surface area contributed by atoms with Gasteiger partial charge >= 0.3 is 18.9 Å². The minimum absolute atomic E-state index is 0. The SMILES string of the molecule is CCCCC(CC)COc1cc(OCC(CC)CCCC)c(PC(=O)c2c(C)cc(C)c(C)c2C)c(OCC(CC)CCCC)c1.[H-].[Li+]. The normalized spacial score (nSPS) is 13.3. The quantitative estimate of drug-likeness (QED) is 0.0832. The number of ether oxygens (including phenoxy) is 3. The van der Waals surface area contributed by atoms with Crippen LogP contribution in [-0.4, -0.2) is 25.3 Å². The molecular formula is C41H68LiO4P. The van der Waals surface area contributed by atoms with E-state index in [0.29, 0.717) is 37.6 Å². The van der Waals surface area contributed by atoms with Gasteiger partial charge in [-0.1, -0.05) is 105 Å². The van der Waals surface area contributed by atoms with Crippen LogP contribution in [0.5, 0.6) is 17.2 Å². The molecule has 0 saturated heterocycles. The van der Waals surface area contributed by atoms with Crippen molar-refractivity contribution in [3.8, 4) is 17.2 Å². The van der Waals surface area contributed by atoms with Crippen molar-refractivity contribution in [2.75, 3.05) is 19.8 Å². The van der Waals surface area contributed by atoms with Gasteiger partial charge in [-0.15, -0.1) is 0 Å². The van der Waals surface area contributed by atoms with Gasteiger partial charge in [-0.25, -0.2) is 0 Å². The van der Waals surface area contributed by atoms with E-state index in [0.717, 1.165) is 71.3 Å². The Hall–Kier alpha value is -1.46. The number of carbonyl (C=O) groups is 1. The molecule has 2 aromatic rings. The van der Waals surface area contributed by atoms with E-state index in [2.05, 4.69) is 75.3 Å². The van der Waals surface area contributed by atoms with Gasteiger partial charge in [0.05, 0.1) is 25.1 Å². The number of aryl methyl sites for hydroxylation is 2. The first kappa shape index (κ1) is 43.6. The fourth-order valence-electron chi connectivity index (χ4n) is 6.13. The van der Waals surface area contributed by atoms with Gasteiger partial charge in [-0.05, 0) is 95.5 Å². The first-order valence-corrected chi connectivity index (χ1v) is 19.6. The van der Waals surface area contributed by atoms with Crippen molar-refractivity contribution in [3.05, 3.63) is 46.0 Å². The second-order valence-electron chi connectivity index (χ2n) is 13.6. The Morgan fingerprint density at radius 3 is 1.47 bits per heavy atom. The molecule has 0 aliphatic heterocycles. The molecule has 4 unspecified atom stereocenters. The molecule has 0 radical (unpaired) electrons. The molecule has 47 heavy (non-hydrogen) atoms. The Morgan fingerprint density at radius 1 is 0.638 bits per heavy atom. The average Bonchev–Trinajstić information content (AvgIpc) is 3.05. The zero-order valence-electron chi connectivity index (χ0n) is 33.2. The summed E-state index contributed by atoms with van der Waals surface area (Å²) in [5.74, 6) is 3.74. The molecule has 0 aliphatic rings. The molecule has 4 nitrogen and oxygen atoms in total. The minimum Gasteiger partial charge on any atom is -1.00 e. The zero-order chi connectivity index (χ0) is 34.1. The molecule has 2 rings (SSSR count). The van der Waals surface area contributed by atoms with E-state index < -0.39 is 0 Å². The van der Waals surface area contributed by atoms with E-state index in [1.54, 1.807) is 0 Å². The fraction of sp³-hybridized carbons (Fsp3) is 0.683. The first-order valence-electron chi connectivity index (χ1n) is 18.6. The molecule has 0 aliphatic carbocycles. The van der Waals surface area contributed by atoms with Crippen LogP contribution >= 0.6 is 8.58 Å². The molecule has 0 amide bonds. The average molecular weight is 663 g/mol. The van der Waals surface area contributed by atoms with E-state index in [1.165, 1.54) is 56.1 Å². The van der Waals surface area contributed by atoms with Crippen molar-refractivity contribution in [2.45, 2.75) is 146 Å². The van der Waals surface area contributed by atoms with Gasteiger partial charge in [0, 0.05) is 17.7 Å². The smallest absolute Gasteiger partial charge is 1.00 e. The van der Waals surface area contributed by atoms with Crippen LogP contribution < -0.4 is 38.4 Å². The van der Waals surface area contributed by atoms with Crippen LogP contribution in [0.3, 0.4) is 0 Å². The summed E-state index contributed by atoms with van der Waals surface area (Å²) in [7, 11) is -0.101. The third-order valence-corrected chi connectivity index (χ3v) is 11.1. The first-order chi connectivity index (χ1) is 22.1. The Kier molecular flexibility index (Phi) is 22.1. The maximum absolute atomic E-state index is 14.2. The van der Waals surface area contributed by atoms with E-state index in [4.69, 9.17) is 14.2 Å². The van der Waals surface area contributed by atoms with E-state index >= 15 is 0 Å². The van der Waals surface area contributed by atoms with Gasteiger partial charge < -0.3 is 15.6 Å². The number of rotatable bonds is 24. The summed E-state index contributed by atoms with van der Waals surface area (Å²) < 4.78 is 19.9. The minimum atomic E-state index is -0.101.